The zero-order chi connectivity index (χ0) is 13.1. The van der Waals surface area contributed by atoms with E-state index in [1.54, 1.807) is 17.1 Å². The summed E-state index contributed by atoms with van der Waals surface area (Å²) in [6, 6.07) is 0. The molecule has 2 rings (SSSR count). The Hall–Kier alpha value is -1.07. The second-order valence-corrected chi connectivity index (χ2v) is 5.81. The number of nitrogen functional groups attached to an aromatic ring is 1. The lowest BCUT2D eigenvalue weighted by atomic mass is 9.92. The summed E-state index contributed by atoms with van der Waals surface area (Å²) in [5, 5.41) is 14.2. The molecule has 18 heavy (non-hydrogen) atoms. The maximum atomic E-state index is 10.1. The molecule has 0 saturated carbocycles. The Labute approximate surface area is 109 Å². The van der Waals surface area contributed by atoms with Gasteiger partial charge in [0.05, 0.1) is 24.5 Å². The van der Waals surface area contributed by atoms with Gasteiger partial charge in [0.25, 0.3) is 0 Å². The fraction of sp³-hybridized carbons (Fsp3) is 0.769. The molecule has 1 aliphatic rings. The van der Waals surface area contributed by atoms with Crippen molar-refractivity contribution in [3.63, 3.8) is 0 Å². The molecule has 1 aromatic heterocycles. The van der Waals surface area contributed by atoms with E-state index in [0.717, 1.165) is 24.9 Å². The number of hydrogen-bond acceptors (Lipinski definition) is 4. The monoisotopic (exact) mass is 252 g/mol. The van der Waals surface area contributed by atoms with Crippen molar-refractivity contribution < 1.29 is 5.11 Å². The van der Waals surface area contributed by atoms with Gasteiger partial charge in [0, 0.05) is 25.8 Å². The number of aliphatic hydroxyl groups is 1. The van der Waals surface area contributed by atoms with E-state index < -0.39 is 0 Å². The maximum Gasteiger partial charge on any atom is 0.0862 e. The van der Waals surface area contributed by atoms with Crippen LogP contribution in [0.1, 0.15) is 20.3 Å². The molecule has 102 valence electrons. The molecule has 1 saturated heterocycles. The lowest BCUT2D eigenvalue weighted by molar-refractivity contribution is 0.0596. The van der Waals surface area contributed by atoms with Crippen LogP contribution in [0.2, 0.25) is 0 Å². The predicted molar refractivity (Wildman–Crippen MR) is 72.0 cm³/mol. The molecule has 3 unspecified atom stereocenters. The SMILES string of the molecule is CC1CC(C)CN(CC(O)Cn2cc(N)cn2)C1. The molecule has 2 heterocycles. The summed E-state index contributed by atoms with van der Waals surface area (Å²) in [5.41, 5.74) is 6.24. The van der Waals surface area contributed by atoms with Crippen molar-refractivity contribution in [2.45, 2.75) is 32.9 Å². The van der Waals surface area contributed by atoms with Crippen molar-refractivity contribution in [3.8, 4) is 0 Å². The smallest absolute Gasteiger partial charge is 0.0862 e. The third-order valence-corrected chi connectivity index (χ3v) is 3.46. The molecule has 0 aromatic carbocycles. The van der Waals surface area contributed by atoms with Crippen molar-refractivity contribution in [2.24, 2.45) is 11.8 Å². The average molecular weight is 252 g/mol. The highest BCUT2D eigenvalue weighted by Crippen LogP contribution is 2.20. The van der Waals surface area contributed by atoms with Gasteiger partial charge in [-0.05, 0) is 18.3 Å². The van der Waals surface area contributed by atoms with Crippen LogP contribution < -0.4 is 5.73 Å². The summed E-state index contributed by atoms with van der Waals surface area (Å²) >= 11 is 0. The molecule has 1 fully saturated rings. The molecule has 5 heteroatoms. The molecule has 5 nitrogen and oxygen atoms in total. The number of likely N-dealkylation sites (tertiary alicyclic amines) is 1. The summed E-state index contributed by atoms with van der Waals surface area (Å²) in [7, 11) is 0. The van der Waals surface area contributed by atoms with Gasteiger partial charge in [-0.2, -0.15) is 5.10 Å². The zero-order valence-corrected chi connectivity index (χ0v) is 11.3. The molecule has 0 radical (unpaired) electrons. The van der Waals surface area contributed by atoms with Gasteiger partial charge in [-0.25, -0.2) is 0 Å². The van der Waals surface area contributed by atoms with Crippen molar-refractivity contribution in [2.75, 3.05) is 25.4 Å². The van der Waals surface area contributed by atoms with Gasteiger partial charge in [0.15, 0.2) is 0 Å². The number of piperidine rings is 1. The third kappa shape index (κ3) is 3.71. The Kier molecular flexibility index (Phi) is 4.24. The van der Waals surface area contributed by atoms with Gasteiger partial charge in [0.2, 0.25) is 0 Å². The lowest BCUT2D eigenvalue weighted by Crippen LogP contribution is -2.43. The minimum atomic E-state index is -0.387. The Morgan fingerprint density at radius 2 is 2.06 bits per heavy atom. The second kappa shape index (κ2) is 5.71. The van der Waals surface area contributed by atoms with E-state index in [0.29, 0.717) is 18.8 Å². The standard InChI is InChI=1S/C13H24N4O/c1-10-3-11(2)6-16(5-10)8-13(18)9-17-7-12(14)4-15-17/h4,7,10-11,13,18H,3,5-6,8-9,14H2,1-2H3. The van der Waals surface area contributed by atoms with Crippen molar-refractivity contribution in [3.05, 3.63) is 12.4 Å². The van der Waals surface area contributed by atoms with Gasteiger partial charge >= 0.3 is 0 Å². The molecule has 0 spiro atoms. The van der Waals surface area contributed by atoms with Gasteiger partial charge in [-0.1, -0.05) is 13.8 Å². The first-order chi connectivity index (χ1) is 8.52. The summed E-state index contributed by atoms with van der Waals surface area (Å²) in [6.07, 6.45) is 4.27. The van der Waals surface area contributed by atoms with Crippen LogP contribution in [0, 0.1) is 11.8 Å². The maximum absolute atomic E-state index is 10.1. The number of rotatable bonds is 4. The molecule has 0 aliphatic carbocycles. The second-order valence-electron chi connectivity index (χ2n) is 5.81. The van der Waals surface area contributed by atoms with Crippen molar-refractivity contribution in [1.82, 2.24) is 14.7 Å². The third-order valence-electron chi connectivity index (χ3n) is 3.46. The summed E-state index contributed by atoms with van der Waals surface area (Å²) in [5.74, 6) is 1.45. The van der Waals surface area contributed by atoms with E-state index in [1.807, 2.05) is 0 Å². The molecule has 1 aliphatic heterocycles. The number of nitrogens with zero attached hydrogens (tertiary/aromatic N) is 3. The fourth-order valence-electron chi connectivity index (χ4n) is 2.99. The van der Waals surface area contributed by atoms with E-state index >= 15 is 0 Å². The number of aliphatic hydroxyl groups excluding tert-OH is 1. The van der Waals surface area contributed by atoms with Crippen molar-refractivity contribution >= 4 is 5.69 Å². The highest BCUT2D eigenvalue weighted by Gasteiger charge is 2.23. The predicted octanol–water partition coefficient (Wildman–Crippen LogP) is 0.804. The summed E-state index contributed by atoms with van der Waals surface area (Å²) in [4.78, 5) is 2.36. The van der Waals surface area contributed by atoms with E-state index in [2.05, 4.69) is 23.8 Å². The minimum Gasteiger partial charge on any atom is -0.396 e. The highest BCUT2D eigenvalue weighted by molar-refractivity contribution is 5.30. The lowest BCUT2D eigenvalue weighted by Gasteiger charge is -2.35. The van der Waals surface area contributed by atoms with Crippen LogP contribution in [0.25, 0.3) is 0 Å². The molecule has 1 aromatic rings. The number of hydrogen-bond donors (Lipinski definition) is 2. The normalized spacial score (nSPS) is 27.3. The Morgan fingerprint density at radius 3 is 2.61 bits per heavy atom. The first-order valence-corrected chi connectivity index (χ1v) is 6.71. The van der Waals surface area contributed by atoms with Crippen LogP contribution in [-0.2, 0) is 6.54 Å². The summed E-state index contributed by atoms with van der Waals surface area (Å²) < 4.78 is 1.71. The van der Waals surface area contributed by atoms with Crippen LogP contribution in [0.15, 0.2) is 12.4 Å². The quantitative estimate of drug-likeness (QED) is 0.832. The van der Waals surface area contributed by atoms with Crippen molar-refractivity contribution in [1.29, 1.82) is 0 Å². The fourth-order valence-corrected chi connectivity index (χ4v) is 2.99. The molecule has 3 atom stereocenters. The van der Waals surface area contributed by atoms with Gasteiger partial charge in [-0.3, -0.25) is 4.68 Å². The Bertz CT molecular complexity index is 369. The molecule has 0 amide bonds. The van der Waals surface area contributed by atoms with E-state index in [9.17, 15) is 5.11 Å². The molecular formula is C13H24N4O. The molecule has 0 bridgehead atoms. The number of nitrogens with two attached hydrogens (primary N) is 1. The highest BCUT2D eigenvalue weighted by atomic mass is 16.3. The van der Waals surface area contributed by atoms with Crippen LogP contribution in [0.4, 0.5) is 5.69 Å². The van der Waals surface area contributed by atoms with Gasteiger partial charge in [0.1, 0.15) is 0 Å². The summed E-state index contributed by atoms with van der Waals surface area (Å²) in [6.45, 7) is 7.96. The van der Waals surface area contributed by atoms with Gasteiger partial charge < -0.3 is 15.7 Å². The van der Waals surface area contributed by atoms with Crippen LogP contribution in [0.3, 0.4) is 0 Å². The van der Waals surface area contributed by atoms with Crippen LogP contribution >= 0.6 is 0 Å². The Balaban J connectivity index is 1.81. The van der Waals surface area contributed by atoms with E-state index in [-0.39, 0.29) is 6.10 Å². The van der Waals surface area contributed by atoms with E-state index in [4.69, 9.17) is 5.73 Å². The number of β-amino-alcohol motifs (C(OH)–C–C–N with tert-alkyl or cyclic N) is 1. The van der Waals surface area contributed by atoms with E-state index in [1.165, 1.54) is 6.42 Å². The first kappa shape index (κ1) is 13.4. The number of anilines is 1. The Morgan fingerprint density at radius 1 is 1.39 bits per heavy atom. The largest absolute Gasteiger partial charge is 0.396 e. The average Bonchev–Trinajstić information content (AvgIpc) is 2.61. The topological polar surface area (TPSA) is 67.3 Å². The minimum absolute atomic E-state index is 0.387. The van der Waals surface area contributed by atoms with Crippen LogP contribution in [0.5, 0.6) is 0 Å². The molecular weight excluding hydrogens is 228 g/mol. The first-order valence-electron chi connectivity index (χ1n) is 6.71. The number of aromatic nitrogens is 2. The van der Waals surface area contributed by atoms with Gasteiger partial charge in [-0.15, -0.1) is 0 Å². The molecule has 3 N–H and O–H groups in total. The zero-order valence-electron chi connectivity index (χ0n) is 11.3. The van der Waals surface area contributed by atoms with Crippen LogP contribution in [-0.4, -0.2) is 45.5 Å².